The molecule has 96 valence electrons. The number of carbonyl (C=O) groups excluding carboxylic acids is 1. The van der Waals surface area contributed by atoms with Crippen LogP contribution in [0.5, 0.6) is 0 Å². The number of aromatic nitrogens is 1. The maximum atomic E-state index is 11.1. The van der Waals surface area contributed by atoms with Crippen LogP contribution in [0.15, 0.2) is 10.6 Å². The summed E-state index contributed by atoms with van der Waals surface area (Å²) in [7, 11) is 1.57. The van der Waals surface area contributed by atoms with Crippen molar-refractivity contribution in [3.63, 3.8) is 0 Å². The molecule has 0 saturated heterocycles. The van der Waals surface area contributed by atoms with Gasteiger partial charge in [0.2, 0.25) is 0 Å². The Morgan fingerprint density at radius 3 is 2.94 bits per heavy atom. The molecule has 0 aliphatic rings. The summed E-state index contributed by atoms with van der Waals surface area (Å²) in [5.41, 5.74) is 5.33. The van der Waals surface area contributed by atoms with Gasteiger partial charge >= 0.3 is 6.03 Å². The number of carbonyl (C=O) groups is 1. The lowest BCUT2D eigenvalue weighted by atomic mass is 10.3. The van der Waals surface area contributed by atoms with Crippen molar-refractivity contribution in [1.29, 1.82) is 0 Å². The van der Waals surface area contributed by atoms with Gasteiger partial charge in [-0.05, 0) is 0 Å². The fraction of sp³-hybridized carbons (Fsp3) is 0.556. The van der Waals surface area contributed by atoms with Gasteiger partial charge in [-0.1, -0.05) is 12.8 Å². The number of hydrogen-bond donors (Lipinski definition) is 4. The van der Waals surface area contributed by atoms with Crippen LogP contribution in [-0.2, 0) is 6.42 Å². The SMILES string of the molecule is CN(S)C(=O)NCCNCCc1cnc(N)o1. The van der Waals surface area contributed by atoms with Gasteiger partial charge in [0, 0.05) is 33.1 Å². The number of hydrogen-bond acceptors (Lipinski definition) is 6. The third-order valence-corrected chi connectivity index (χ3v) is 2.17. The van der Waals surface area contributed by atoms with Crippen molar-refractivity contribution < 1.29 is 9.21 Å². The largest absolute Gasteiger partial charge is 0.429 e. The average Bonchev–Trinajstić information content (AvgIpc) is 2.68. The van der Waals surface area contributed by atoms with Gasteiger partial charge in [0.15, 0.2) is 0 Å². The van der Waals surface area contributed by atoms with Crippen molar-refractivity contribution in [2.24, 2.45) is 0 Å². The Morgan fingerprint density at radius 2 is 2.35 bits per heavy atom. The molecule has 1 aromatic heterocycles. The first kappa shape index (κ1) is 13.7. The van der Waals surface area contributed by atoms with E-state index >= 15 is 0 Å². The average molecular weight is 259 g/mol. The Morgan fingerprint density at radius 1 is 1.59 bits per heavy atom. The quantitative estimate of drug-likeness (QED) is 0.422. The summed E-state index contributed by atoms with van der Waals surface area (Å²) in [6.45, 7) is 1.96. The molecule has 0 bridgehead atoms. The molecule has 4 N–H and O–H groups in total. The first-order chi connectivity index (χ1) is 8.09. The highest BCUT2D eigenvalue weighted by atomic mass is 32.1. The van der Waals surface area contributed by atoms with Crippen molar-refractivity contribution in [3.8, 4) is 0 Å². The Labute approximate surface area is 105 Å². The molecule has 0 saturated carbocycles. The van der Waals surface area contributed by atoms with Crippen LogP contribution in [0.3, 0.4) is 0 Å². The van der Waals surface area contributed by atoms with E-state index in [0.717, 1.165) is 12.3 Å². The molecule has 1 aromatic rings. The minimum absolute atomic E-state index is 0.184. The van der Waals surface area contributed by atoms with E-state index in [-0.39, 0.29) is 12.0 Å². The summed E-state index contributed by atoms with van der Waals surface area (Å²) in [6, 6.07) is -0.0396. The highest BCUT2D eigenvalue weighted by Crippen LogP contribution is 2.03. The monoisotopic (exact) mass is 259 g/mol. The lowest BCUT2D eigenvalue weighted by Gasteiger charge is -2.10. The van der Waals surface area contributed by atoms with E-state index in [1.807, 2.05) is 0 Å². The van der Waals surface area contributed by atoms with Gasteiger partial charge in [0.05, 0.1) is 6.20 Å². The van der Waals surface area contributed by atoms with Crippen molar-refractivity contribution in [3.05, 3.63) is 12.0 Å². The van der Waals surface area contributed by atoms with Crippen molar-refractivity contribution in [2.75, 3.05) is 32.4 Å². The van der Waals surface area contributed by atoms with Crippen molar-refractivity contribution in [1.82, 2.24) is 19.9 Å². The molecule has 1 rings (SSSR count). The zero-order valence-electron chi connectivity index (χ0n) is 9.64. The van der Waals surface area contributed by atoms with Crippen molar-refractivity contribution >= 4 is 24.9 Å². The number of anilines is 1. The number of urea groups is 1. The van der Waals surface area contributed by atoms with Crippen LogP contribution < -0.4 is 16.4 Å². The smallest absolute Gasteiger partial charge is 0.326 e. The van der Waals surface area contributed by atoms with Gasteiger partial charge in [0.25, 0.3) is 6.01 Å². The molecule has 0 unspecified atom stereocenters. The molecule has 0 aromatic carbocycles. The predicted octanol–water partition coefficient (Wildman–Crippen LogP) is -0.125. The van der Waals surface area contributed by atoms with Crippen LogP contribution in [0.1, 0.15) is 5.76 Å². The fourth-order valence-electron chi connectivity index (χ4n) is 1.15. The number of thiol groups is 1. The molecule has 0 aliphatic carbocycles. The number of nitrogens with zero attached hydrogens (tertiary/aromatic N) is 2. The van der Waals surface area contributed by atoms with Gasteiger partial charge in [-0.3, -0.25) is 4.31 Å². The van der Waals surface area contributed by atoms with E-state index in [1.165, 1.54) is 4.31 Å². The number of nitrogens with two attached hydrogens (primary N) is 1. The van der Waals surface area contributed by atoms with Crippen molar-refractivity contribution in [2.45, 2.75) is 6.42 Å². The van der Waals surface area contributed by atoms with Crippen LogP contribution in [-0.4, -0.2) is 42.0 Å². The summed E-state index contributed by atoms with van der Waals surface area (Å²) in [5, 5.41) is 5.83. The summed E-state index contributed by atoms with van der Waals surface area (Å²) in [6.07, 6.45) is 2.32. The zero-order chi connectivity index (χ0) is 12.7. The molecule has 7 nitrogen and oxygen atoms in total. The van der Waals surface area contributed by atoms with Crippen LogP contribution in [0, 0.1) is 0 Å². The minimum Gasteiger partial charge on any atom is -0.429 e. The highest BCUT2D eigenvalue weighted by Gasteiger charge is 2.02. The molecule has 17 heavy (non-hydrogen) atoms. The molecular weight excluding hydrogens is 242 g/mol. The molecule has 0 aliphatic heterocycles. The van der Waals surface area contributed by atoms with Crippen LogP contribution >= 0.6 is 12.8 Å². The third-order valence-electron chi connectivity index (χ3n) is 1.99. The molecule has 0 spiro atoms. The summed E-state index contributed by atoms with van der Waals surface area (Å²) in [5.74, 6) is 0.745. The molecule has 0 fully saturated rings. The van der Waals surface area contributed by atoms with Gasteiger partial charge in [-0.25, -0.2) is 9.78 Å². The van der Waals surface area contributed by atoms with E-state index < -0.39 is 0 Å². The number of nitrogen functional groups attached to an aromatic ring is 1. The van der Waals surface area contributed by atoms with Gasteiger partial charge < -0.3 is 20.8 Å². The lowest BCUT2D eigenvalue weighted by molar-refractivity contribution is 0.231. The van der Waals surface area contributed by atoms with E-state index in [9.17, 15) is 4.79 Å². The van der Waals surface area contributed by atoms with Crippen LogP contribution in [0.2, 0.25) is 0 Å². The molecule has 0 radical (unpaired) electrons. The van der Waals surface area contributed by atoms with Gasteiger partial charge in [0.1, 0.15) is 5.76 Å². The lowest BCUT2D eigenvalue weighted by Crippen LogP contribution is -2.36. The molecule has 1 heterocycles. The first-order valence-electron chi connectivity index (χ1n) is 5.21. The van der Waals surface area contributed by atoms with E-state index in [0.29, 0.717) is 19.5 Å². The summed E-state index contributed by atoms with van der Waals surface area (Å²) >= 11 is 3.86. The zero-order valence-corrected chi connectivity index (χ0v) is 10.5. The van der Waals surface area contributed by atoms with Crippen LogP contribution in [0.4, 0.5) is 10.8 Å². The maximum Gasteiger partial charge on any atom is 0.326 e. The predicted molar refractivity (Wildman–Crippen MR) is 67.6 cm³/mol. The standard InChI is InChI=1S/C9H17N5O2S/c1-14(17)9(15)12-5-4-11-3-2-7-6-13-8(10)16-7/h6,11,17H,2-5H2,1H3,(H2,10,13)(H,12,15). The normalized spacial score (nSPS) is 10.2. The third kappa shape index (κ3) is 5.45. The maximum absolute atomic E-state index is 11.1. The molecule has 0 atom stereocenters. The Balaban J connectivity index is 2.00. The fourth-order valence-corrected chi connectivity index (χ4v) is 1.22. The summed E-state index contributed by atoms with van der Waals surface area (Å²) in [4.78, 5) is 14.9. The Kier molecular flexibility index (Phi) is 5.64. The number of rotatable bonds is 6. The Bertz CT molecular complexity index is 355. The minimum atomic E-state index is -0.224. The second kappa shape index (κ2) is 7.02. The van der Waals surface area contributed by atoms with Crippen LogP contribution in [0.25, 0.3) is 0 Å². The van der Waals surface area contributed by atoms with Gasteiger partial charge in [-0.2, -0.15) is 0 Å². The van der Waals surface area contributed by atoms with E-state index in [1.54, 1.807) is 13.2 Å². The molecule has 2 amide bonds. The number of oxazole rings is 1. The topological polar surface area (TPSA) is 96.4 Å². The van der Waals surface area contributed by atoms with E-state index in [4.69, 9.17) is 10.2 Å². The molecule has 8 heteroatoms. The first-order valence-corrected chi connectivity index (χ1v) is 5.61. The second-order valence-electron chi connectivity index (χ2n) is 3.42. The summed E-state index contributed by atoms with van der Waals surface area (Å²) < 4.78 is 6.29. The molecular formula is C9H17N5O2S. The highest BCUT2D eigenvalue weighted by molar-refractivity contribution is 7.78. The number of amides is 2. The number of nitrogens with one attached hydrogen (secondary N) is 2. The second-order valence-corrected chi connectivity index (χ2v) is 4.02. The Hall–Kier alpha value is -1.41. The van der Waals surface area contributed by atoms with Gasteiger partial charge in [-0.15, -0.1) is 0 Å². The van der Waals surface area contributed by atoms with E-state index in [2.05, 4.69) is 28.4 Å².